The molecule has 7 nitrogen and oxygen atoms in total. The van der Waals surface area contributed by atoms with Crippen LogP contribution in [0.1, 0.15) is 33.0 Å². The number of hydrogen-bond donors (Lipinski definition) is 0. The van der Waals surface area contributed by atoms with Gasteiger partial charge in [0.1, 0.15) is 13.9 Å². The Labute approximate surface area is 237 Å². The van der Waals surface area contributed by atoms with Crippen molar-refractivity contribution in [3.05, 3.63) is 69.7 Å². The molecule has 0 aromatic heterocycles. The first-order chi connectivity index (χ1) is 17.9. The van der Waals surface area contributed by atoms with Crippen LogP contribution in [0, 0.1) is 0 Å². The quantitative estimate of drug-likeness (QED) is 0.400. The summed E-state index contributed by atoms with van der Waals surface area (Å²) in [5, 5.41) is -4.75. The third-order valence-electron chi connectivity index (χ3n) is 6.84. The Morgan fingerprint density at radius 3 is 2.26 bits per heavy atom. The molecular formula is C22H11B7ClF2N3O4. The fraction of sp³-hybridized carbons (Fsp3) is 0.273. The summed E-state index contributed by atoms with van der Waals surface area (Å²) in [6.45, 7) is -0.307. The summed E-state index contributed by atoms with van der Waals surface area (Å²) in [5.41, 5.74) is -0.254. The number of benzene rings is 2. The molecule has 2 aromatic rings. The van der Waals surface area contributed by atoms with E-state index in [1.807, 2.05) is 0 Å². The van der Waals surface area contributed by atoms with Gasteiger partial charge in [0, 0.05) is 28.6 Å². The van der Waals surface area contributed by atoms with Crippen LogP contribution >= 0.6 is 11.6 Å². The number of rotatable bonds is 5. The fourth-order valence-electron chi connectivity index (χ4n) is 4.43. The highest BCUT2D eigenvalue weighted by atomic mass is 35.5. The summed E-state index contributed by atoms with van der Waals surface area (Å²) in [6, 6.07) is 6.48. The maximum Gasteiger partial charge on any atom is 0.348 e. The van der Waals surface area contributed by atoms with E-state index in [4.69, 9.17) is 66.8 Å². The summed E-state index contributed by atoms with van der Waals surface area (Å²) in [7, 11) is 40.9. The number of alkyl halides is 2. The predicted molar refractivity (Wildman–Crippen MR) is 143 cm³/mol. The van der Waals surface area contributed by atoms with E-state index in [1.54, 1.807) is 0 Å². The molecule has 1 fully saturated rings. The molecule has 0 spiro atoms. The Morgan fingerprint density at radius 1 is 1.08 bits per heavy atom. The van der Waals surface area contributed by atoms with Crippen LogP contribution in [-0.4, -0.2) is 99.4 Å². The maximum atomic E-state index is 14.8. The zero-order valence-electron chi connectivity index (χ0n) is 20.1. The van der Waals surface area contributed by atoms with Crippen molar-refractivity contribution < 1.29 is 28.0 Å². The topological polar surface area (TPSA) is 78.0 Å². The molecule has 2 aromatic carbocycles. The zero-order chi connectivity index (χ0) is 29.2. The first-order valence-electron chi connectivity index (χ1n) is 11.1. The van der Waals surface area contributed by atoms with Crippen LogP contribution in [0.5, 0.6) is 0 Å². The Morgan fingerprint density at radius 2 is 1.67 bits per heavy atom. The maximum absolute atomic E-state index is 14.8. The first-order valence-corrected chi connectivity index (χ1v) is 11.5. The average Bonchev–Trinajstić information content (AvgIpc) is 3.20. The van der Waals surface area contributed by atoms with Gasteiger partial charge in [0.05, 0.1) is 31.4 Å². The Bertz CT molecular complexity index is 1400. The minimum Gasteiger partial charge on any atom is -0.393 e. The second-order valence-corrected chi connectivity index (χ2v) is 9.74. The molecule has 2 unspecified atom stereocenters. The number of piperidine rings is 1. The molecule has 0 saturated carbocycles. The summed E-state index contributed by atoms with van der Waals surface area (Å²) >= 11 is 5.72. The molecule has 2 aliphatic heterocycles. The number of carbonyl (C=O) groups excluding carboxylic acids is 4. The lowest BCUT2D eigenvalue weighted by atomic mass is 9.26. The third-order valence-corrected chi connectivity index (χ3v) is 7.09. The van der Waals surface area contributed by atoms with Gasteiger partial charge in [-0.1, -0.05) is 41.1 Å². The molecule has 180 valence electrons. The third kappa shape index (κ3) is 4.44. The predicted octanol–water partition coefficient (Wildman–Crippen LogP) is -0.106. The Hall–Kier alpha value is -2.88. The van der Waals surface area contributed by atoms with Crippen LogP contribution in [-0.2, 0) is 26.9 Å². The number of carbonyl (C=O) groups is 4. The smallest absolute Gasteiger partial charge is 0.348 e. The molecule has 2 aliphatic rings. The molecule has 0 N–H and O–H groups in total. The summed E-state index contributed by atoms with van der Waals surface area (Å²) in [4.78, 5) is 52.1. The second-order valence-electron chi connectivity index (χ2n) is 9.31. The molecule has 4 rings (SSSR count). The van der Waals surface area contributed by atoms with Crippen LogP contribution in [0.3, 0.4) is 0 Å². The SMILES string of the molecule is [B]C(c1ccc2c(c1)CN(C1C(=O)N([B])C(=O)C([B])([B])C1([B])[B])C2=O)N([B])C(=O)C(F)(F)c1ccc(Cl)cc1. The zero-order valence-corrected chi connectivity index (χ0v) is 20.8. The molecule has 1 saturated heterocycles. The van der Waals surface area contributed by atoms with Crippen molar-refractivity contribution in [3.8, 4) is 0 Å². The van der Waals surface area contributed by atoms with E-state index in [2.05, 4.69) is 0 Å². The van der Waals surface area contributed by atoms with E-state index >= 15 is 0 Å². The van der Waals surface area contributed by atoms with Gasteiger partial charge in [-0.15, -0.1) is 0 Å². The molecule has 2 heterocycles. The number of nitrogens with zero attached hydrogens (tertiary/aromatic N) is 3. The van der Waals surface area contributed by atoms with Crippen LogP contribution in [0.25, 0.3) is 0 Å². The van der Waals surface area contributed by atoms with E-state index in [9.17, 15) is 28.0 Å². The van der Waals surface area contributed by atoms with Crippen molar-refractivity contribution in [1.82, 2.24) is 14.5 Å². The van der Waals surface area contributed by atoms with Crippen LogP contribution < -0.4 is 0 Å². The Balaban J connectivity index is 1.60. The van der Waals surface area contributed by atoms with Gasteiger partial charge in [-0.3, -0.25) is 19.2 Å². The van der Waals surface area contributed by atoms with Crippen molar-refractivity contribution >= 4 is 90.4 Å². The summed E-state index contributed by atoms with van der Waals surface area (Å²) in [5.74, 6) is -10.5. The van der Waals surface area contributed by atoms with Gasteiger partial charge in [-0.2, -0.15) is 8.78 Å². The van der Waals surface area contributed by atoms with E-state index in [-0.39, 0.29) is 37.9 Å². The molecule has 0 aliphatic carbocycles. The molecule has 4 amide bonds. The van der Waals surface area contributed by atoms with E-state index in [0.717, 1.165) is 17.0 Å². The van der Waals surface area contributed by atoms with Gasteiger partial charge < -0.3 is 14.5 Å². The number of imide groups is 1. The minimum atomic E-state index is -4.03. The van der Waals surface area contributed by atoms with Crippen molar-refractivity contribution in [2.75, 3.05) is 0 Å². The monoisotopic (exact) mass is 531 g/mol. The largest absolute Gasteiger partial charge is 0.393 e. The lowest BCUT2D eigenvalue weighted by Gasteiger charge is -2.55. The number of fused-ring (bicyclic) bond motifs is 1. The number of hydrogen-bond acceptors (Lipinski definition) is 4. The van der Waals surface area contributed by atoms with E-state index in [0.29, 0.717) is 0 Å². The lowest BCUT2D eigenvalue weighted by Crippen LogP contribution is -2.67. The van der Waals surface area contributed by atoms with Crippen molar-refractivity contribution in [3.63, 3.8) is 0 Å². The lowest BCUT2D eigenvalue weighted by molar-refractivity contribution is -0.154. The summed E-state index contributed by atoms with van der Waals surface area (Å²) in [6.07, 6.45) is 0. The van der Waals surface area contributed by atoms with Gasteiger partial charge in [0.25, 0.3) is 11.8 Å². The molecule has 2 atom stereocenters. The Kier molecular flexibility index (Phi) is 7.20. The van der Waals surface area contributed by atoms with Crippen LogP contribution in [0.15, 0.2) is 42.5 Å². The normalized spacial score (nSPS) is 21.0. The average molecular weight is 530 g/mol. The highest BCUT2D eigenvalue weighted by Crippen LogP contribution is 2.52. The van der Waals surface area contributed by atoms with Crippen LogP contribution in [0.4, 0.5) is 8.78 Å². The molecule has 39 heavy (non-hydrogen) atoms. The number of halogens is 3. The minimum absolute atomic E-state index is 0.0658. The first kappa shape index (κ1) is 29.1. The van der Waals surface area contributed by atoms with Gasteiger partial charge in [-0.25, -0.2) is 0 Å². The van der Waals surface area contributed by atoms with Crippen molar-refractivity contribution in [2.45, 2.75) is 34.9 Å². The second kappa shape index (κ2) is 9.64. The highest BCUT2D eigenvalue weighted by Gasteiger charge is 2.58. The van der Waals surface area contributed by atoms with Gasteiger partial charge >= 0.3 is 5.92 Å². The molecule has 0 bridgehead atoms. The molecule has 17 heteroatoms. The highest BCUT2D eigenvalue weighted by molar-refractivity contribution is 6.65. The van der Waals surface area contributed by atoms with Crippen molar-refractivity contribution in [1.29, 1.82) is 0 Å². The standard InChI is InChI=1S/C22H11B7ClF2N3O4/c23-15(34(28)18(38)20(31,32)11-2-4-12(30)5-3-11)9-1-6-13-10(7-9)8-33(16(13)36)14-17(37)35(29)19(39)22(26,27)21(14,24)25/h1-7,14-15H,8H2. The number of amides is 4. The van der Waals surface area contributed by atoms with E-state index in [1.165, 1.54) is 30.3 Å². The molecular weight excluding hydrogens is 519 g/mol. The molecule has 14 radical (unpaired) electrons. The van der Waals surface area contributed by atoms with E-state index < -0.39 is 57.5 Å². The van der Waals surface area contributed by atoms with Gasteiger partial charge in [0.15, 0.2) is 0 Å². The van der Waals surface area contributed by atoms with Crippen LogP contribution in [0.2, 0.25) is 15.5 Å². The fourth-order valence-corrected chi connectivity index (χ4v) is 4.55. The van der Waals surface area contributed by atoms with Gasteiger partial charge in [-0.05, 0) is 34.5 Å². The van der Waals surface area contributed by atoms with Gasteiger partial charge in [0.2, 0.25) is 27.8 Å². The summed E-state index contributed by atoms with van der Waals surface area (Å²) < 4.78 is 29.7. The van der Waals surface area contributed by atoms with Crippen molar-refractivity contribution in [2.24, 2.45) is 0 Å².